The van der Waals surface area contributed by atoms with E-state index in [1.54, 1.807) is 0 Å². The summed E-state index contributed by atoms with van der Waals surface area (Å²) in [6, 6.07) is 17.4. The summed E-state index contributed by atoms with van der Waals surface area (Å²) in [4.78, 5) is 25.1. The van der Waals surface area contributed by atoms with Gasteiger partial charge in [-0.05, 0) is 37.1 Å². The number of H-pyrrole nitrogens is 4. The molecule has 0 aliphatic heterocycles. The van der Waals surface area contributed by atoms with E-state index in [1.807, 2.05) is 68.4 Å². The SMILES string of the molecule is Cc1[nH][nH]c(=O)c1C(c1cccc(OCc2ccccc2)c1)c1c(C)[nH][nH]c1=O. The maximum atomic E-state index is 12.5. The van der Waals surface area contributed by atoms with E-state index in [1.165, 1.54) is 0 Å². The Morgan fingerprint density at radius 3 is 1.97 bits per heavy atom. The molecule has 0 bridgehead atoms. The van der Waals surface area contributed by atoms with Crippen LogP contribution in [0.25, 0.3) is 0 Å². The molecule has 0 aliphatic carbocycles. The first kappa shape index (κ1) is 18.6. The zero-order chi connectivity index (χ0) is 20.4. The van der Waals surface area contributed by atoms with Gasteiger partial charge in [-0.3, -0.25) is 19.8 Å². The van der Waals surface area contributed by atoms with Gasteiger partial charge >= 0.3 is 0 Å². The summed E-state index contributed by atoms with van der Waals surface area (Å²) in [5, 5.41) is 10.9. The van der Waals surface area contributed by atoms with Crippen LogP contribution in [0.3, 0.4) is 0 Å². The fourth-order valence-corrected chi connectivity index (χ4v) is 3.61. The second-order valence-corrected chi connectivity index (χ2v) is 7.02. The molecule has 0 radical (unpaired) electrons. The highest BCUT2D eigenvalue weighted by atomic mass is 16.5. The second-order valence-electron chi connectivity index (χ2n) is 7.02. The Labute approximate surface area is 166 Å². The number of ether oxygens (including phenoxy) is 1. The van der Waals surface area contributed by atoms with Crippen LogP contribution in [0, 0.1) is 13.8 Å². The molecule has 148 valence electrons. The largest absolute Gasteiger partial charge is 0.489 e. The van der Waals surface area contributed by atoms with Gasteiger partial charge in [-0.1, -0.05) is 42.5 Å². The Bertz CT molecular complexity index is 1180. The number of aromatic nitrogens is 4. The number of rotatable bonds is 6. The van der Waals surface area contributed by atoms with Crippen LogP contribution in [0.1, 0.15) is 39.6 Å². The van der Waals surface area contributed by atoms with Crippen LogP contribution < -0.4 is 15.9 Å². The van der Waals surface area contributed by atoms with E-state index in [9.17, 15) is 9.59 Å². The monoisotopic (exact) mass is 390 g/mol. The second kappa shape index (κ2) is 7.71. The van der Waals surface area contributed by atoms with Crippen LogP contribution in [0.4, 0.5) is 0 Å². The predicted molar refractivity (Wildman–Crippen MR) is 110 cm³/mol. The summed E-state index contributed by atoms with van der Waals surface area (Å²) in [6.45, 7) is 4.06. The van der Waals surface area contributed by atoms with E-state index in [0.717, 1.165) is 11.1 Å². The molecule has 29 heavy (non-hydrogen) atoms. The Morgan fingerprint density at radius 1 is 0.793 bits per heavy atom. The Balaban J connectivity index is 1.76. The zero-order valence-corrected chi connectivity index (χ0v) is 16.2. The maximum Gasteiger partial charge on any atom is 0.268 e. The van der Waals surface area contributed by atoms with Crippen molar-refractivity contribution in [3.05, 3.63) is 109 Å². The topological polar surface area (TPSA) is 107 Å². The van der Waals surface area contributed by atoms with Crippen LogP contribution >= 0.6 is 0 Å². The molecule has 0 spiro atoms. The zero-order valence-electron chi connectivity index (χ0n) is 16.2. The van der Waals surface area contributed by atoms with Gasteiger partial charge in [0.2, 0.25) is 0 Å². The summed E-state index contributed by atoms with van der Waals surface area (Å²) in [7, 11) is 0. The summed E-state index contributed by atoms with van der Waals surface area (Å²) >= 11 is 0. The average molecular weight is 390 g/mol. The molecule has 2 aromatic carbocycles. The van der Waals surface area contributed by atoms with Crippen LogP contribution in [0.2, 0.25) is 0 Å². The number of aromatic amines is 4. The molecule has 4 N–H and O–H groups in total. The standard InChI is InChI=1S/C22H22N4O3/c1-13-18(21(27)25-23-13)20(19-14(2)24-26-22(19)28)16-9-6-10-17(11-16)29-12-15-7-4-3-5-8-15/h3-11,20H,12H2,1-2H3,(H2,23,25,27)(H2,24,26,28). The van der Waals surface area contributed by atoms with E-state index >= 15 is 0 Å². The molecule has 7 nitrogen and oxygen atoms in total. The highest BCUT2D eigenvalue weighted by molar-refractivity contribution is 5.46. The molecule has 7 heteroatoms. The summed E-state index contributed by atoms with van der Waals surface area (Å²) in [5.74, 6) is 0.144. The van der Waals surface area contributed by atoms with Gasteiger partial charge in [0.1, 0.15) is 12.4 Å². The number of hydrogen-bond acceptors (Lipinski definition) is 3. The van der Waals surface area contributed by atoms with Gasteiger partial charge in [0, 0.05) is 17.3 Å². The summed E-state index contributed by atoms with van der Waals surface area (Å²) in [6.07, 6.45) is 0. The lowest BCUT2D eigenvalue weighted by Gasteiger charge is -2.17. The molecule has 0 atom stereocenters. The van der Waals surface area contributed by atoms with Crippen LogP contribution in [-0.4, -0.2) is 20.4 Å². The molecular weight excluding hydrogens is 368 g/mol. The molecule has 0 aliphatic rings. The summed E-state index contributed by atoms with van der Waals surface area (Å²) in [5.41, 5.74) is 3.77. The minimum Gasteiger partial charge on any atom is -0.489 e. The third-order valence-corrected chi connectivity index (χ3v) is 5.04. The van der Waals surface area contributed by atoms with Crippen LogP contribution in [0.5, 0.6) is 5.75 Å². The van der Waals surface area contributed by atoms with Crippen molar-refractivity contribution in [3.8, 4) is 5.75 Å². The van der Waals surface area contributed by atoms with Crippen molar-refractivity contribution in [2.75, 3.05) is 0 Å². The Kier molecular flexibility index (Phi) is 4.95. The first-order chi connectivity index (χ1) is 14.0. The van der Waals surface area contributed by atoms with E-state index in [-0.39, 0.29) is 11.1 Å². The van der Waals surface area contributed by atoms with Crippen molar-refractivity contribution >= 4 is 0 Å². The molecule has 0 fully saturated rings. The van der Waals surface area contributed by atoms with Crippen molar-refractivity contribution in [2.45, 2.75) is 26.4 Å². The quantitative estimate of drug-likeness (QED) is 0.406. The average Bonchev–Trinajstić information content (AvgIpc) is 3.24. The lowest BCUT2D eigenvalue weighted by molar-refractivity contribution is 0.306. The first-order valence-corrected chi connectivity index (χ1v) is 9.35. The van der Waals surface area contributed by atoms with Gasteiger partial charge < -0.3 is 14.9 Å². The molecule has 2 heterocycles. The number of aryl methyl sites for hydroxylation is 2. The van der Waals surface area contributed by atoms with E-state index < -0.39 is 5.92 Å². The molecule has 0 saturated heterocycles. The lowest BCUT2D eigenvalue weighted by Crippen LogP contribution is -2.20. The minimum absolute atomic E-state index is 0.247. The molecule has 0 amide bonds. The van der Waals surface area contributed by atoms with Gasteiger partial charge in [-0.25, -0.2) is 0 Å². The fourth-order valence-electron chi connectivity index (χ4n) is 3.61. The van der Waals surface area contributed by atoms with E-state index in [4.69, 9.17) is 4.74 Å². The maximum absolute atomic E-state index is 12.5. The molecule has 4 rings (SSSR count). The van der Waals surface area contributed by atoms with Gasteiger partial charge in [0.05, 0.1) is 11.1 Å². The third kappa shape index (κ3) is 3.67. The molecule has 2 aromatic heterocycles. The van der Waals surface area contributed by atoms with Crippen molar-refractivity contribution < 1.29 is 4.74 Å². The first-order valence-electron chi connectivity index (χ1n) is 9.35. The van der Waals surface area contributed by atoms with Crippen molar-refractivity contribution in [1.82, 2.24) is 20.4 Å². The van der Waals surface area contributed by atoms with Gasteiger partial charge in [0.15, 0.2) is 0 Å². The van der Waals surface area contributed by atoms with Crippen LogP contribution in [-0.2, 0) is 6.61 Å². The van der Waals surface area contributed by atoms with Crippen molar-refractivity contribution in [1.29, 1.82) is 0 Å². The fraction of sp³-hybridized carbons (Fsp3) is 0.182. The number of hydrogen-bond donors (Lipinski definition) is 4. The van der Waals surface area contributed by atoms with Gasteiger partial charge in [-0.15, -0.1) is 0 Å². The van der Waals surface area contributed by atoms with Gasteiger partial charge in [0.25, 0.3) is 11.1 Å². The molecule has 0 saturated carbocycles. The van der Waals surface area contributed by atoms with E-state index in [2.05, 4.69) is 20.4 Å². The third-order valence-electron chi connectivity index (χ3n) is 5.04. The van der Waals surface area contributed by atoms with E-state index in [0.29, 0.717) is 34.9 Å². The normalized spacial score (nSPS) is 11.1. The minimum atomic E-state index is -0.528. The lowest BCUT2D eigenvalue weighted by atomic mass is 9.85. The van der Waals surface area contributed by atoms with Crippen molar-refractivity contribution in [3.63, 3.8) is 0 Å². The predicted octanol–water partition coefficient (Wildman–Crippen LogP) is 3.10. The molecular formula is C22H22N4O3. The molecule has 0 unspecified atom stereocenters. The molecule has 4 aromatic rings. The number of benzene rings is 2. The smallest absolute Gasteiger partial charge is 0.268 e. The van der Waals surface area contributed by atoms with Crippen LogP contribution in [0.15, 0.2) is 64.2 Å². The van der Waals surface area contributed by atoms with Gasteiger partial charge in [-0.2, -0.15) is 0 Å². The highest BCUT2D eigenvalue weighted by Crippen LogP contribution is 2.32. The Hall–Kier alpha value is -3.74. The highest BCUT2D eigenvalue weighted by Gasteiger charge is 2.28. The number of nitrogens with one attached hydrogen (secondary N) is 4. The van der Waals surface area contributed by atoms with Crippen molar-refractivity contribution in [2.24, 2.45) is 0 Å². The Morgan fingerprint density at radius 2 is 1.41 bits per heavy atom. The summed E-state index contributed by atoms with van der Waals surface area (Å²) < 4.78 is 5.95.